The normalized spacial score (nSPS) is 24.9. The summed E-state index contributed by atoms with van der Waals surface area (Å²) in [5.74, 6) is 0.815. The summed E-state index contributed by atoms with van der Waals surface area (Å²) in [5, 5.41) is 0.640. The molecular formula is C21H29N3O4S. The van der Waals surface area contributed by atoms with E-state index in [-0.39, 0.29) is 16.6 Å². The fourth-order valence-corrected chi connectivity index (χ4v) is 6.12. The third-order valence-electron chi connectivity index (χ3n) is 5.96. The van der Waals surface area contributed by atoms with Crippen molar-refractivity contribution in [3.8, 4) is 0 Å². The number of amides is 1. The average Bonchev–Trinajstić information content (AvgIpc) is 3.10. The molecular weight excluding hydrogens is 390 g/mol. The Balaban J connectivity index is 1.59. The molecule has 2 unspecified atom stereocenters. The lowest BCUT2D eigenvalue weighted by atomic mass is 9.94. The number of sulfonamides is 1. The van der Waals surface area contributed by atoms with Gasteiger partial charge in [-0.2, -0.15) is 4.31 Å². The van der Waals surface area contributed by atoms with E-state index in [9.17, 15) is 13.2 Å². The van der Waals surface area contributed by atoms with E-state index in [2.05, 4.69) is 18.7 Å². The highest BCUT2D eigenvalue weighted by Gasteiger charge is 2.32. The van der Waals surface area contributed by atoms with Crippen molar-refractivity contribution in [2.24, 2.45) is 11.8 Å². The van der Waals surface area contributed by atoms with E-state index in [0.717, 1.165) is 19.5 Å². The molecule has 0 saturated carbocycles. The van der Waals surface area contributed by atoms with Crippen LogP contribution in [-0.2, 0) is 10.0 Å². The highest BCUT2D eigenvalue weighted by atomic mass is 32.2. The van der Waals surface area contributed by atoms with Crippen LogP contribution in [0.25, 0.3) is 11.0 Å². The van der Waals surface area contributed by atoms with Crippen molar-refractivity contribution < 1.29 is 17.6 Å². The van der Waals surface area contributed by atoms with Crippen LogP contribution in [-0.4, -0.2) is 74.7 Å². The van der Waals surface area contributed by atoms with Gasteiger partial charge >= 0.3 is 0 Å². The van der Waals surface area contributed by atoms with E-state index >= 15 is 0 Å². The van der Waals surface area contributed by atoms with E-state index in [1.807, 2.05) is 7.05 Å². The molecule has 0 aliphatic carbocycles. The molecule has 2 aromatic rings. The Morgan fingerprint density at radius 2 is 1.69 bits per heavy atom. The van der Waals surface area contributed by atoms with Crippen molar-refractivity contribution >= 4 is 26.9 Å². The topological polar surface area (TPSA) is 74.1 Å². The first-order valence-corrected chi connectivity index (χ1v) is 11.7. The van der Waals surface area contributed by atoms with Crippen molar-refractivity contribution in [3.05, 3.63) is 30.0 Å². The second kappa shape index (κ2) is 7.74. The van der Waals surface area contributed by atoms with Crippen molar-refractivity contribution in [2.75, 3.05) is 46.3 Å². The van der Waals surface area contributed by atoms with Crippen LogP contribution in [0, 0.1) is 11.8 Å². The van der Waals surface area contributed by atoms with Gasteiger partial charge in [0.05, 0.1) is 4.90 Å². The van der Waals surface area contributed by atoms with Crippen molar-refractivity contribution in [1.82, 2.24) is 14.1 Å². The number of fused-ring (bicyclic) bond motifs is 1. The molecule has 0 bridgehead atoms. The Kier molecular flexibility index (Phi) is 5.44. The van der Waals surface area contributed by atoms with Crippen LogP contribution in [0.1, 0.15) is 30.8 Å². The van der Waals surface area contributed by atoms with Gasteiger partial charge < -0.3 is 14.2 Å². The minimum Gasteiger partial charge on any atom is -0.451 e. The zero-order valence-electron chi connectivity index (χ0n) is 17.3. The SMILES string of the molecule is CC1CC(C)CN(S(=O)(=O)c2ccc3oc(C(=O)N4CCN(C)CC4)cc3c2)C1. The highest BCUT2D eigenvalue weighted by Crippen LogP contribution is 2.29. The summed E-state index contributed by atoms with van der Waals surface area (Å²) in [5.41, 5.74) is 0.529. The molecule has 2 aliphatic heterocycles. The third kappa shape index (κ3) is 4.06. The molecule has 3 heterocycles. The first-order valence-electron chi connectivity index (χ1n) is 10.3. The summed E-state index contributed by atoms with van der Waals surface area (Å²) in [6.45, 7) is 8.27. The quantitative estimate of drug-likeness (QED) is 0.764. The molecule has 2 atom stereocenters. The molecule has 0 N–H and O–H groups in total. The van der Waals surface area contributed by atoms with E-state index in [0.29, 0.717) is 49.0 Å². The van der Waals surface area contributed by atoms with Crippen LogP contribution in [0.15, 0.2) is 33.6 Å². The number of benzene rings is 1. The molecule has 0 spiro atoms. The van der Waals surface area contributed by atoms with E-state index in [1.54, 1.807) is 33.5 Å². The fraction of sp³-hybridized carbons (Fsp3) is 0.571. The van der Waals surface area contributed by atoms with Crippen LogP contribution in [0.4, 0.5) is 0 Å². The highest BCUT2D eigenvalue weighted by molar-refractivity contribution is 7.89. The second-order valence-electron chi connectivity index (χ2n) is 8.67. The molecule has 0 radical (unpaired) electrons. The Morgan fingerprint density at radius 3 is 2.34 bits per heavy atom. The average molecular weight is 420 g/mol. The molecule has 29 heavy (non-hydrogen) atoms. The van der Waals surface area contributed by atoms with Crippen LogP contribution in [0.3, 0.4) is 0 Å². The Bertz CT molecular complexity index is 998. The first kappa shape index (κ1) is 20.4. The van der Waals surface area contributed by atoms with Gasteiger partial charge in [0.2, 0.25) is 10.0 Å². The van der Waals surface area contributed by atoms with Crippen LogP contribution in [0.5, 0.6) is 0 Å². The van der Waals surface area contributed by atoms with Gasteiger partial charge in [-0.15, -0.1) is 0 Å². The summed E-state index contributed by atoms with van der Waals surface area (Å²) in [7, 11) is -1.53. The van der Waals surface area contributed by atoms with Gasteiger partial charge in [0, 0.05) is 44.7 Å². The van der Waals surface area contributed by atoms with Crippen molar-refractivity contribution in [2.45, 2.75) is 25.2 Å². The summed E-state index contributed by atoms with van der Waals surface area (Å²) < 4.78 is 33.6. The predicted molar refractivity (Wildman–Crippen MR) is 111 cm³/mol. The lowest BCUT2D eigenvalue weighted by Crippen LogP contribution is -2.47. The largest absolute Gasteiger partial charge is 0.451 e. The lowest BCUT2D eigenvalue weighted by molar-refractivity contribution is 0.0635. The molecule has 1 amide bonds. The third-order valence-corrected chi connectivity index (χ3v) is 7.79. The molecule has 8 heteroatoms. The molecule has 1 aromatic heterocycles. The molecule has 4 rings (SSSR count). The number of rotatable bonds is 3. The summed E-state index contributed by atoms with van der Waals surface area (Å²) in [6.07, 6.45) is 1.05. The number of piperidine rings is 1. The Morgan fingerprint density at radius 1 is 1.03 bits per heavy atom. The number of hydrogen-bond acceptors (Lipinski definition) is 5. The first-order chi connectivity index (χ1) is 13.7. The second-order valence-corrected chi connectivity index (χ2v) is 10.6. The number of carbonyl (C=O) groups is 1. The number of hydrogen-bond donors (Lipinski definition) is 0. The van der Waals surface area contributed by atoms with Gasteiger partial charge in [0.25, 0.3) is 5.91 Å². The monoisotopic (exact) mass is 419 g/mol. The van der Waals surface area contributed by atoms with E-state index in [4.69, 9.17) is 4.42 Å². The molecule has 2 saturated heterocycles. The Hall–Kier alpha value is -1.90. The van der Waals surface area contributed by atoms with Crippen LogP contribution >= 0.6 is 0 Å². The molecule has 158 valence electrons. The maximum absolute atomic E-state index is 13.2. The van der Waals surface area contributed by atoms with Gasteiger partial charge in [-0.05, 0) is 49.6 Å². The lowest BCUT2D eigenvalue weighted by Gasteiger charge is -2.34. The fourth-order valence-electron chi connectivity index (χ4n) is 4.40. The zero-order valence-corrected chi connectivity index (χ0v) is 18.1. The zero-order chi connectivity index (χ0) is 20.8. The van der Waals surface area contributed by atoms with Gasteiger partial charge in [-0.1, -0.05) is 13.8 Å². The van der Waals surface area contributed by atoms with Gasteiger partial charge in [-0.25, -0.2) is 8.42 Å². The molecule has 2 fully saturated rings. The number of carbonyl (C=O) groups excluding carboxylic acids is 1. The minimum atomic E-state index is -3.57. The Labute approximate surface area is 172 Å². The van der Waals surface area contributed by atoms with Crippen molar-refractivity contribution in [1.29, 1.82) is 0 Å². The maximum Gasteiger partial charge on any atom is 0.289 e. The number of nitrogens with zero attached hydrogens (tertiary/aromatic N) is 3. The molecule has 7 nitrogen and oxygen atoms in total. The van der Waals surface area contributed by atoms with Crippen LogP contribution in [0.2, 0.25) is 0 Å². The van der Waals surface area contributed by atoms with E-state index < -0.39 is 10.0 Å². The predicted octanol–water partition coefficient (Wildman–Crippen LogP) is 2.49. The summed E-state index contributed by atoms with van der Waals surface area (Å²) >= 11 is 0. The number of piperazine rings is 1. The van der Waals surface area contributed by atoms with Crippen molar-refractivity contribution in [3.63, 3.8) is 0 Å². The van der Waals surface area contributed by atoms with Gasteiger partial charge in [-0.3, -0.25) is 4.79 Å². The van der Waals surface area contributed by atoms with Gasteiger partial charge in [0.1, 0.15) is 5.58 Å². The van der Waals surface area contributed by atoms with Crippen LogP contribution < -0.4 is 0 Å². The minimum absolute atomic E-state index is 0.141. The summed E-state index contributed by atoms with van der Waals surface area (Å²) in [4.78, 5) is 17.0. The van der Waals surface area contributed by atoms with Gasteiger partial charge in [0.15, 0.2) is 5.76 Å². The smallest absolute Gasteiger partial charge is 0.289 e. The number of likely N-dealkylation sites (N-methyl/N-ethyl adjacent to an activating group) is 1. The maximum atomic E-state index is 13.2. The molecule has 1 aromatic carbocycles. The molecule has 2 aliphatic rings. The van der Waals surface area contributed by atoms with E-state index in [1.165, 1.54) is 0 Å². The summed E-state index contributed by atoms with van der Waals surface area (Å²) in [6, 6.07) is 6.52. The number of furan rings is 1. The standard InChI is InChI=1S/C21H29N3O4S/c1-15-10-16(2)14-24(13-15)29(26,27)18-4-5-19-17(11-18)12-20(28-19)21(25)23-8-6-22(3)7-9-23/h4-5,11-12,15-16H,6-10,13-14H2,1-3H3.